The van der Waals surface area contributed by atoms with Gasteiger partial charge in [0.05, 0.1) is 11.1 Å². The summed E-state index contributed by atoms with van der Waals surface area (Å²) >= 11 is 0. The summed E-state index contributed by atoms with van der Waals surface area (Å²) in [6, 6.07) is 25.3. The molecule has 4 nitrogen and oxygen atoms in total. The van der Waals surface area contributed by atoms with Crippen LogP contribution in [0.3, 0.4) is 0 Å². The second-order valence-corrected chi connectivity index (χ2v) is 6.32. The zero-order valence-corrected chi connectivity index (χ0v) is 15.7. The Morgan fingerprint density at radius 3 is 2.00 bits per heavy atom. The van der Waals surface area contributed by atoms with E-state index in [-0.39, 0.29) is 6.61 Å². The molecule has 0 aliphatic rings. The van der Waals surface area contributed by atoms with Crippen molar-refractivity contribution < 1.29 is 19.1 Å². The van der Waals surface area contributed by atoms with E-state index in [0.29, 0.717) is 11.1 Å². The molecule has 3 aromatic rings. The van der Waals surface area contributed by atoms with Gasteiger partial charge in [0.15, 0.2) is 6.10 Å². The molecule has 0 aromatic heterocycles. The minimum absolute atomic E-state index is 0.0561. The average Bonchev–Trinajstić information content (AvgIpc) is 2.77. The standard InChI is InChI=1S/C24H22O4/c1-2-18-10-9-15-21(16-18)22(28-24(26)20-13-7-4-8-14-20)17-27-23(25)19-11-5-3-6-12-19/h3-16,22H,2,17H2,1H3/t22-/m0/s1. The van der Waals surface area contributed by atoms with E-state index in [9.17, 15) is 9.59 Å². The normalized spacial score (nSPS) is 11.5. The summed E-state index contributed by atoms with van der Waals surface area (Å²) in [6.45, 7) is 2.00. The van der Waals surface area contributed by atoms with E-state index >= 15 is 0 Å². The van der Waals surface area contributed by atoms with E-state index in [1.165, 1.54) is 0 Å². The zero-order chi connectivity index (χ0) is 19.8. The molecule has 0 fully saturated rings. The number of aryl methyl sites for hydroxylation is 1. The van der Waals surface area contributed by atoms with Gasteiger partial charge in [-0.2, -0.15) is 0 Å². The third-order valence-corrected chi connectivity index (χ3v) is 4.37. The molecular weight excluding hydrogens is 352 g/mol. The van der Waals surface area contributed by atoms with Gasteiger partial charge in [0.1, 0.15) is 6.61 Å². The summed E-state index contributed by atoms with van der Waals surface area (Å²) in [6.07, 6.45) is 0.170. The van der Waals surface area contributed by atoms with Gasteiger partial charge in [-0.05, 0) is 41.8 Å². The summed E-state index contributed by atoms with van der Waals surface area (Å²) in [4.78, 5) is 24.8. The van der Waals surface area contributed by atoms with Crippen molar-refractivity contribution in [3.8, 4) is 0 Å². The summed E-state index contributed by atoms with van der Waals surface area (Å²) in [5, 5.41) is 0. The predicted molar refractivity (Wildman–Crippen MR) is 107 cm³/mol. The smallest absolute Gasteiger partial charge is 0.338 e. The van der Waals surface area contributed by atoms with Crippen LogP contribution in [0.5, 0.6) is 0 Å². The van der Waals surface area contributed by atoms with Crippen LogP contribution in [-0.4, -0.2) is 18.5 Å². The number of carbonyl (C=O) groups is 2. The molecule has 0 aliphatic heterocycles. The Balaban J connectivity index is 1.77. The van der Waals surface area contributed by atoms with Crippen molar-refractivity contribution in [3.63, 3.8) is 0 Å². The second kappa shape index (κ2) is 9.51. The highest BCUT2D eigenvalue weighted by Crippen LogP contribution is 2.22. The maximum Gasteiger partial charge on any atom is 0.338 e. The Hall–Kier alpha value is -3.40. The molecule has 3 aromatic carbocycles. The highest BCUT2D eigenvalue weighted by atomic mass is 16.6. The molecule has 28 heavy (non-hydrogen) atoms. The number of ether oxygens (including phenoxy) is 2. The number of rotatable bonds is 7. The lowest BCUT2D eigenvalue weighted by Crippen LogP contribution is -2.19. The second-order valence-electron chi connectivity index (χ2n) is 6.32. The number of carbonyl (C=O) groups excluding carboxylic acids is 2. The van der Waals surface area contributed by atoms with E-state index in [2.05, 4.69) is 6.92 Å². The maximum absolute atomic E-state index is 12.5. The van der Waals surface area contributed by atoms with Crippen LogP contribution in [0.15, 0.2) is 84.9 Å². The molecule has 0 spiro atoms. The van der Waals surface area contributed by atoms with Gasteiger partial charge in [-0.3, -0.25) is 0 Å². The molecular formula is C24H22O4. The van der Waals surface area contributed by atoms with Gasteiger partial charge < -0.3 is 9.47 Å². The summed E-state index contributed by atoms with van der Waals surface area (Å²) in [7, 11) is 0. The summed E-state index contributed by atoms with van der Waals surface area (Å²) in [5.74, 6) is -0.906. The van der Waals surface area contributed by atoms with Gasteiger partial charge in [0, 0.05) is 0 Å². The fourth-order valence-corrected chi connectivity index (χ4v) is 2.79. The van der Waals surface area contributed by atoms with E-state index in [1.807, 2.05) is 36.4 Å². The average molecular weight is 374 g/mol. The minimum Gasteiger partial charge on any atom is -0.458 e. The Bertz CT molecular complexity index is 920. The third kappa shape index (κ3) is 5.07. The number of benzene rings is 3. The first-order valence-electron chi connectivity index (χ1n) is 9.24. The number of hydrogen-bond donors (Lipinski definition) is 0. The van der Waals surface area contributed by atoms with Crippen molar-refractivity contribution in [1.29, 1.82) is 0 Å². The SMILES string of the molecule is CCc1cccc([C@H](COC(=O)c2ccccc2)OC(=O)c2ccccc2)c1. The number of esters is 2. The first-order valence-corrected chi connectivity index (χ1v) is 9.24. The van der Waals surface area contributed by atoms with Crippen molar-refractivity contribution >= 4 is 11.9 Å². The van der Waals surface area contributed by atoms with Gasteiger partial charge in [0.25, 0.3) is 0 Å². The van der Waals surface area contributed by atoms with Crippen molar-refractivity contribution in [1.82, 2.24) is 0 Å². The van der Waals surface area contributed by atoms with E-state index in [0.717, 1.165) is 17.5 Å². The molecule has 0 unspecified atom stereocenters. The van der Waals surface area contributed by atoms with E-state index in [4.69, 9.17) is 9.47 Å². The molecule has 0 saturated carbocycles. The van der Waals surface area contributed by atoms with Gasteiger partial charge in [-0.1, -0.05) is 67.6 Å². The quantitative estimate of drug-likeness (QED) is 0.546. The maximum atomic E-state index is 12.5. The van der Waals surface area contributed by atoms with Crippen LogP contribution in [0.25, 0.3) is 0 Å². The van der Waals surface area contributed by atoms with Crippen molar-refractivity contribution in [3.05, 3.63) is 107 Å². The van der Waals surface area contributed by atoms with Gasteiger partial charge in [-0.15, -0.1) is 0 Å². The van der Waals surface area contributed by atoms with Crippen LogP contribution < -0.4 is 0 Å². The van der Waals surface area contributed by atoms with Gasteiger partial charge in [-0.25, -0.2) is 9.59 Å². The molecule has 1 atom stereocenters. The highest BCUT2D eigenvalue weighted by Gasteiger charge is 2.21. The lowest BCUT2D eigenvalue weighted by molar-refractivity contribution is -0.00135. The summed E-state index contributed by atoms with van der Waals surface area (Å²) in [5.41, 5.74) is 2.82. The molecule has 0 N–H and O–H groups in total. The monoisotopic (exact) mass is 374 g/mol. The van der Waals surface area contributed by atoms with Crippen LogP contribution in [0.4, 0.5) is 0 Å². The van der Waals surface area contributed by atoms with E-state index in [1.54, 1.807) is 48.5 Å². The van der Waals surface area contributed by atoms with Gasteiger partial charge in [0.2, 0.25) is 0 Å². The Morgan fingerprint density at radius 2 is 1.39 bits per heavy atom. The number of hydrogen-bond acceptors (Lipinski definition) is 4. The van der Waals surface area contributed by atoms with Crippen molar-refractivity contribution in [2.45, 2.75) is 19.4 Å². The predicted octanol–water partition coefficient (Wildman–Crippen LogP) is 5.00. The molecule has 0 amide bonds. The van der Waals surface area contributed by atoms with Crippen LogP contribution in [-0.2, 0) is 15.9 Å². The van der Waals surface area contributed by atoms with Crippen LogP contribution >= 0.6 is 0 Å². The molecule has 0 aliphatic carbocycles. The van der Waals surface area contributed by atoms with Crippen molar-refractivity contribution in [2.24, 2.45) is 0 Å². The fourth-order valence-electron chi connectivity index (χ4n) is 2.79. The molecule has 3 rings (SSSR count). The molecule has 0 bridgehead atoms. The lowest BCUT2D eigenvalue weighted by Gasteiger charge is -2.19. The topological polar surface area (TPSA) is 52.6 Å². The molecule has 0 saturated heterocycles. The first-order chi connectivity index (χ1) is 13.7. The van der Waals surface area contributed by atoms with E-state index < -0.39 is 18.0 Å². The van der Waals surface area contributed by atoms with Crippen LogP contribution in [0, 0.1) is 0 Å². The minimum atomic E-state index is -0.688. The van der Waals surface area contributed by atoms with Crippen LogP contribution in [0.2, 0.25) is 0 Å². The van der Waals surface area contributed by atoms with Gasteiger partial charge >= 0.3 is 11.9 Å². The third-order valence-electron chi connectivity index (χ3n) is 4.37. The first kappa shape index (κ1) is 19.4. The Labute approximate surface area is 164 Å². The highest BCUT2D eigenvalue weighted by molar-refractivity contribution is 5.90. The molecule has 4 heteroatoms. The molecule has 0 radical (unpaired) electrons. The summed E-state index contributed by atoms with van der Waals surface area (Å²) < 4.78 is 11.1. The zero-order valence-electron chi connectivity index (χ0n) is 15.7. The lowest BCUT2D eigenvalue weighted by atomic mass is 10.0. The largest absolute Gasteiger partial charge is 0.458 e. The Morgan fingerprint density at radius 1 is 0.786 bits per heavy atom. The fraction of sp³-hybridized carbons (Fsp3) is 0.167. The molecule has 142 valence electrons. The van der Waals surface area contributed by atoms with Crippen LogP contribution in [0.1, 0.15) is 44.9 Å². The molecule has 0 heterocycles. The Kier molecular flexibility index (Phi) is 6.58. The van der Waals surface area contributed by atoms with Crippen molar-refractivity contribution in [2.75, 3.05) is 6.61 Å².